The number of nitrogens with two attached hydrogens (primary N) is 1. The molecule has 1 amide bonds. The molecule has 2 aromatic heterocycles. The Morgan fingerprint density at radius 1 is 1.29 bits per heavy atom. The third kappa shape index (κ3) is 2.93. The van der Waals surface area contributed by atoms with E-state index in [0.29, 0.717) is 17.0 Å². The number of benzene rings is 1. The van der Waals surface area contributed by atoms with E-state index >= 15 is 0 Å². The minimum absolute atomic E-state index is 0.0744. The molecule has 0 fully saturated rings. The molecule has 122 valence electrons. The highest BCUT2D eigenvalue weighted by molar-refractivity contribution is 7.13. The molecule has 0 bridgehead atoms. The molecule has 0 radical (unpaired) electrons. The number of pyridine rings is 1. The number of aromatic nitrogens is 2. The molecule has 0 atom stereocenters. The van der Waals surface area contributed by atoms with Crippen LogP contribution < -0.4 is 16.0 Å². The first-order valence-corrected chi connectivity index (χ1v) is 8.01. The second-order valence-electron chi connectivity index (χ2n) is 5.18. The minimum Gasteiger partial charge on any atom is -0.497 e. The SMILES string of the molecule is COc1ccc(-c2nc(-c3cc(C(N)=O)c(=O)[nH]c3C)cs2)cc1. The largest absolute Gasteiger partial charge is 0.497 e. The number of thiazole rings is 1. The van der Waals surface area contributed by atoms with Gasteiger partial charge in [0, 0.05) is 22.2 Å². The Morgan fingerprint density at radius 2 is 2.00 bits per heavy atom. The molecular formula is C17H15N3O3S. The normalized spacial score (nSPS) is 10.6. The molecule has 0 aliphatic heterocycles. The molecule has 0 saturated heterocycles. The molecule has 6 nitrogen and oxygen atoms in total. The van der Waals surface area contributed by atoms with E-state index in [1.165, 1.54) is 17.4 Å². The van der Waals surface area contributed by atoms with Gasteiger partial charge in [0.2, 0.25) is 0 Å². The van der Waals surface area contributed by atoms with Crippen molar-refractivity contribution in [2.45, 2.75) is 6.92 Å². The third-order valence-corrected chi connectivity index (χ3v) is 4.51. The van der Waals surface area contributed by atoms with Crippen LogP contribution >= 0.6 is 11.3 Å². The highest BCUT2D eigenvalue weighted by Gasteiger charge is 2.14. The molecule has 2 heterocycles. The van der Waals surface area contributed by atoms with Gasteiger partial charge >= 0.3 is 0 Å². The third-order valence-electron chi connectivity index (χ3n) is 3.62. The van der Waals surface area contributed by atoms with Gasteiger partial charge in [0.1, 0.15) is 16.3 Å². The molecule has 0 aliphatic carbocycles. The number of H-pyrrole nitrogens is 1. The van der Waals surface area contributed by atoms with Crippen LogP contribution in [0.2, 0.25) is 0 Å². The zero-order valence-electron chi connectivity index (χ0n) is 13.1. The highest BCUT2D eigenvalue weighted by Crippen LogP contribution is 2.30. The van der Waals surface area contributed by atoms with Gasteiger partial charge in [-0.2, -0.15) is 0 Å². The zero-order valence-corrected chi connectivity index (χ0v) is 13.9. The van der Waals surface area contributed by atoms with Gasteiger partial charge in [0.05, 0.1) is 12.8 Å². The van der Waals surface area contributed by atoms with Crippen LogP contribution in [0, 0.1) is 6.92 Å². The summed E-state index contributed by atoms with van der Waals surface area (Å²) in [6.45, 7) is 1.76. The number of ether oxygens (including phenoxy) is 1. The van der Waals surface area contributed by atoms with Crippen LogP contribution in [-0.2, 0) is 0 Å². The van der Waals surface area contributed by atoms with Gasteiger partial charge in [-0.1, -0.05) is 0 Å². The Balaban J connectivity index is 2.02. The van der Waals surface area contributed by atoms with Crippen molar-refractivity contribution in [2.75, 3.05) is 7.11 Å². The van der Waals surface area contributed by atoms with Gasteiger partial charge in [0.15, 0.2) is 0 Å². The Labute approximate surface area is 141 Å². The second-order valence-corrected chi connectivity index (χ2v) is 6.04. The number of methoxy groups -OCH3 is 1. The number of rotatable bonds is 4. The molecule has 1 aromatic carbocycles. The van der Waals surface area contributed by atoms with Crippen molar-refractivity contribution in [3.63, 3.8) is 0 Å². The van der Waals surface area contributed by atoms with Crippen molar-refractivity contribution in [2.24, 2.45) is 5.73 Å². The fourth-order valence-corrected chi connectivity index (χ4v) is 3.16. The molecule has 0 aliphatic rings. The van der Waals surface area contributed by atoms with E-state index in [2.05, 4.69) is 9.97 Å². The summed E-state index contributed by atoms with van der Waals surface area (Å²) in [5.41, 5.74) is 7.64. The van der Waals surface area contributed by atoms with Gasteiger partial charge in [-0.25, -0.2) is 4.98 Å². The Morgan fingerprint density at radius 3 is 2.62 bits per heavy atom. The summed E-state index contributed by atoms with van der Waals surface area (Å²) in [6, 6.07) is 9.08. The first-order chi connectivity index (χ1) is 11.5. The molecule has 0 unspecified atom stereocenters. The quantitative estimate of drug-likeness (QED) is 0.762. The first-order valence-electron chi connectivity index (χ1n) is 7.13. The summed E-state index contributed by atoms with van der Waals surface area (Å²) < 4.78 is 5.15. The van der Waals surface area contributed by atoms with Crippen LogP contribution in [0.4, 0.5) is 0 Å². The topological polar surface area (TPSA) is 98.1 Å². The van der Waals surface area contributed by atoms with Crippen LogP contribution in [0.1, 0.15) is 16.1 Å². The maximum Gasteiger partial charge on any atom is 0.261 e. The lowest BCUT2D eigenvalue weighted by Gasteiger charge is -2.04. The lowest BCUT2D eigenvalue weighted by Crippen LogP contribution is -2.24. The van der Waals surface area contributed by atoms with E-state index in [9.17, 15) is 9.59 Å². The van der Waals surface area contributed by atoms with Crippen molar-refractivity contribution in [3.05, 3.63) is 57.3 Å². The second kappa shape index (κ2) is 6.29. The number of nitrogens with one attached hydrogen (secondary N) is 1. The summed E-state index contributed by atoms with van der Waals surface area (Å²) in [4.78, 5) is 30.4. The van der Waals surface area contributed by atoms with Crippen molar-refractivity contribution in [1.82, 2.24) is 9.97 Å². The molecule has 7 heteroatoms. The number of aryl methyl sites for hydroxylation is 1. The van der Waals surface area contributed by atoms with Crippen LogP contribution in [0.15, 0.2) is 40.5 Å². The number of nitrogens with zero attached hydrogens (tertiary/aromatic N) is 1. The van der Waals surface area contributed by atoms with Gasteiger partial charge < -0.3 is 15.5 Å². The predicted molar refractivity (Wildman–Crippen MR) is 93.4 cm³/mol. The van der Waals surface area contributed by atoms with Crippen LogP contribution in [-0.4, -0.2) is 23.0 Å². The van der Waals surface area contributed by atoms with Crippen LogP contribution in [0.25, 0.3) is 21.8 Å². The fraction of sp³-hybridized carbons (Fsp3) is 0.118. The lowest BCUT2D eigenvalue weighted by atomic mass is 10.1. The van der Waals surface area contributed by atoms with Gasteiger partial charge in [-0.3, -0.25) is 9.59 Å². The summed E-state index contributed by atoms with van der Waals surface area (Å²) >= 11 is 1.48. The average Bonchev–Trinajstić information content (AvgIpc) is 3.04. The van der Waals surface area contributed by atoms with Crippen molar-refractivity contribution in [3.8, 4) is 27.6 Å². The number of amides is 1. The van der Waals surface area contributed by atoms with Crippen LogP contribution in [0.3, 0.4) is 0 Å². The van der Waals surface area contributed by atoms with Gasteiger partial charge in [-0.15, -0.1) is 11.3 Å². The number of carbonyl (C=O) groups excluding carboxylic acids is 1. The number of primary amides is 1. The molecule has 24 heavy (non-hydrogen) atoms. The maximum atomic E-state index is 11.8. The number of carbonyl (C=O) groups is 1. The van der Waals surface area contributed by atoms with E-state index in [-0.39, 0.29) is 5.56 Å². The van der Waals surface area contributed by atoms with E-state index < -0.39 is 11.5 Å². The molecule has 3 aromatic rings. The van der Waals surface area contributed by atoms with E-state index in [0.717, 1.165) is 16.3 Å². The molecule has 3 rings (SSSR count). The number of aromatic amines is 1. The predicted octanol–water partition coefficient (Wildman–Crippen LogP) is 2.58. The highest BCUT2D eigenvalue weighted by atomic mass is 32.1. The molecule has 0 spiro atoms. The van der Waals surface area contributed by atoms with Crippen LogP contribution in [0.5, 0.6) is 5.75 Å². The van der Waals surface area contributed by atoms with E-state index in [4.69, 9.17) is 10.5 Å². The van der Waals surface area contributed by atoms with Gasteiger partial charge in [0.25, 0.3) is 11.5 Å². The fourth-order valence-electron chi connectivity index (χ4n) is 2.34. The summed E-state index contributed by atoms with van der Waals surface area (Å²) in [7, 11) is 1.62. The van der Waals surface area contributed by atoms with Gasteiger partial charge in [-0.05, 0) is 37.3 Å². The Kier molecular flexibility index (Phi) is 4.18. The van der Waals surface area contributed by atoms with Crippen molar-refractivity contribution >= 4 is 17.2 Å². The standard InChI is InChI=1S/C17H15N3O3S/c1-9-12(7-13(15(18)21)16(22)19-9)14-8-24-17(20-14)10-3-5-11(23-2)6-4-10/h3-8H,1-2H3,(H2,18,21)(H,19,22). The molecular weight excluding hydrogens is 326 g/mol. The number of hydrogen-bond acceptors (Lipinski definition) is 5. The molecule has 0 saturated carbocycles. The molecule has 3 N–H and O–H groups in total. The Bertz CT molecular complexity index is 958. The van der Waals surface area contributed by atoms with Crippen molar-refractivity contribution in [1.29, 1.82) is 0 Å². The monoisotopic (exact) mass is 341 g/mol. The van der Waals surface area contributed by atoms with E-state index in [1.807, 2.05) is 29.6 Å². The zero-order chi connectivity index (χ0) is 17.3. The lowest BCUT2D eigenvalue weighted by molar-refractivity contribution is 0.0999. The van der Waals surface area contributed by atoms with E-state index in [1.54, 1.807) is 14.0 Å². The first kappa shape index (κ1) is 15.9. The maximum absolute atomic E-state index is 11.8. The Hall–Kier alpha value is -2.93. The van der Waals surface area contributed by atoms with Crippen molar-refractivity contribution < 1.29 is 9.53 Å². The number of hydrogen-bond donors (Lipinski definition) is 2. The average molecular weight is 341 g/mol. The smallest absolute Gasteiger partial charge is 0.261 e. The summed E-state index contributed by atoms with van der Waals surface area (Å²) in [5.74, 6) is 0.0150. The summed E-state index contributed by atoms with van der Waals surface area (Å²) in [5, 5.41) is 2.71. The summed E-state index contributed by atoms with van der Waals surface area (Å²) in [6.07, 6.45) is 0. The minimum atomic E-state index is -0.761.